The van der Waals surface area contributed by atoms with Crippen molar-refractivity contribution in [2.45, 2.75) is 37.6 Å². The zero-order chi connectivity index (χ0) is 19.6. The van der Waals surface area contributed by atoms with Gasteiger partial charge in [-0.3, -0.25) is 4.79 Å². The molecule has 0 unspecified atom stereocenters. The summed E-state index contributed by atoms with van der Waals surface area (Å²) in [6, 6.07) is 6.19. The molecule has 1 aromatic heterocycles. The predicted molar refractivity (Wildman–Crippen MR) is 93.5 cm³/mol. The van der Waals surface area contributed by atoms with E-state index in [9.17, 15) is 18.0 Å². The van der Waals surface area contributed by atoms with Crippen molar-refractivity contribution in [2.24, 2.45) is 0 Å². The van der Waals surface area contributed by atoms with Crippen LogP contribution < -0.4 is 10.6 Å². The van der Waals surface area contributed by atoms with Gasteiger partial charge in [-0.05, 0) is 12.5 Å². The third kappa shape index (κ3) is 4.08. The lowest BCUT2D eigenvalue weighted by Crippen LogP contribution is -2.38. The zero-order valence-corrected chi connectivity index (χ0v) is 15.0. The number of methoxy groups -OCH3 is 1. The van der Waals surface area contributed by atoms with Gasteiger partial charge in [0.05, 0.1) is 18.8 Å². The molecular weight excluding hydrogens is 361 g/mol. The maximum absolute atomic E-state index is 13.6. The van der Waals surface area contributed by atoms with Crippen molar-refractivity contribution in [3.8, 4) is 0 Å². The normalized spacial score (nSPS) is 20.5. The number of rotatable bonds is 5. The van der Waals surface area contributed by atoms with Crippen molar-refractivity contribution in [3.63, 3.8) is 0 Å². The Balaban J connectivity index is 1.94. The monoisotopic (exact) mass is 382 g/mol. The van der Waals surface area contributed by atoms with Gasteiger partial charge in [-0.25, -0.2) is 4.68 Å². The Hall–Kier alpha value is -2.55. The lowest BCUT2D eigenvalue weighted by Gasteiger charge is -2.34. The van der Waals surface area contributed by atoms with E-state index in [1.54, 1.807) is 37.3 Å². The number of aromatic nitrogens is 2. The Bertz CT molecular complexity index is 792. The molecule has 146 valence electrons. The van der Waals surface area contributed by atoms with Crippen LogP contribution >= 0.6 is 0 Å². The number of carbonyl (C=O) groups is 1. The fourth-order valence-electron chi connectivity index (χ4n) is 3.23. The van der Waals surface area contributed by atoms with E-state index in [0.29, 0.717) is 6.61 Å². The molecule has 1 aromatic carbocycles. The first-order valence-corrected chi connectivity index (χ1v) is 8.56. The number of amides is 1. The molecule has 1 amide bonds. The SMILES string of the molecule is COC[C@H](C)NC(=O)c1cnn2c1N[C@H](c1ccccc1)C[C@H]2C(F)(F)F. The summed E-state index contributed by atoms with van der Waals surface area (Å²) in [5.41, 5.74) is 0.797. The molecule has 6 nitrogen and oxygen atoms in total. The van der Waals surface area contributed by atoms with Crippen LogP contribution in [-0.2, 0) is 4.74 Å². The Labute approximate surface area is 154 Å². The Morgan fingerprint density at radius 2 is 2.11 bits per heavy atom. The maximum atomic E-state index is 13.6. The fraction of sp³-hybridized carbons (Fsp3) is 0.444. The van der Waals surface area contributed by atoms with Gasteiger partial charge in [0.1, 0.15) is 11.4 Å². The van der Waals surface area contributed by atoms with Crippen LogP contribution in [0.2, 0.25) is 0 Å². The van der Waals surface area contributed by atoms with E-state index >= 15 is 0 Å². The molecule has 0 radical (unpaired) electrons. The number of nitrogens with zero attached hydrogens (tertiary/aromatic N) is 2. The summed E-state index contributed by atoms with van der Waals surface area (Å²) in [4.78, 5) is 12.5. The molecule has 2 aromatic rings. The second kappa shape index (κ2) is 7.59. The molecule has 0 saturated heterocycles. The summed E-state index contributed by atoms with van der Waals surface area (Å²) < 4.78 is 46.7. The van der Waals surface area contributed by atoms with Crippen molar-refractivity contribution < 1.29 is 22.7 Å². The van der Waals surface area contributed by atoms with Gasteiger partial charge in [-0.2, -0.15) is 18.3 Å². The van der Waals surface area contributed by atoms with Gasteiger partial charge in [0.25, 0.3) is 5.91 Å². The van der Waals surface area contributed by atoms with Crippen LogP contribution in [-0.4, -0.2) is 41.6 Å². The highest BCUT2D eigenvalue weighted by atomic mass is 19.4. The summed E-state index contributed by atoms with van der Waals surface area (Å²) in [7, 11) is 1.50. The Morgan fingerprint density at radius 3 is 2.74 bits per heavy atom. The lowest BCUT2D eigenvalue weighted by atomic mass is 9.96. The van der Waals surface area contributed by atoms with Crippen LogP contribution in [0.25, 0.3) is 0 Å². The number of hydrogen-bond acceptors (Lipinski definition) is 4. The molecule has 2 heterocycles. The van der Waals surface area contributed by atoms with E-state index in [2.05, 4.69) is 15.7 Å². The molecule has 0 fully saturated rings. The van der Waals surface area contributed by atoms with Crippen LogP contribution in [0, 0.1) is 0 Å². The number of hydrogen-bond donors (Lipinski definition) is 2. The summed E-state index contributed by atoms with van der Waals surface area (Å²) in [6.45, 7) is 2.04. The minimum atomic E-state index is -4.48. The highest BCUT2D eigenvalue weighted by Crippen LogP contribution is 2.44. The van der Waals surface area contributed by atoms with Gasteiger partial charge in [0.15, 0.2) is 6.04 Å². The quantitative estimate of drug-likeness (QED) is 0.833. The second-order valence-electron chi connectivity index (χ2n) is 6.58. The summed E-state index contributed by atoms with van der Waals surface area (Å²) in [5.74, 6) is -0.428. The van der Waals surface area contributed by atoms with E-state index in [0.717, 1.165) is 10.2 Å². The number of carbonyl (C=O) groups excluding carboxylic acids is 1. The maximum Gasteiger partial charge on any atom is 0.410 e. The molecule has 2 N–H and O–H groups in total. The summed E-state index contributed by atoms with van der Waals surface area (Å²) in [5, 5.41) is 9.61. The molecule has 9 heteroatoms. The second-order valence-corrected chi connectivity index (χ2v) is 6.58. The highest BCUT2D eigenvalue weighted by molar-refractivity contribution is 5.99. The summed E-state index contributed by atoms with van der Waals surface area (Å²) in [6.07, 6.45) is -3.51. The van der Waals surface area contributed by atoms with Crippen molar-refractivity contribution >= 4 is 11.7 Å². The zero-order valence-electron chi connectivity index (χ0n) is 15.0. The topological polar surface area (TPSA) is 68.2 Å². The number of fused-ring (bicyclic) bond motifs is 1. The number of benzene rings is 1. The minimum absolute atomic E-state index is 0.0690. The Kier molecular flexibility index (Phi) is 5.41. The van der Waals surface area contributed by atoms with Gasteiger partial charge in [-0.15, -0.1) is 0 Å². The number of nitrogens with one attached hydrogen (secondary N) is 2. The van der Waals surface area contributed by atoms with Crippen molar-refractivity contribution in [1.82, 2.24) is 15.1 Å². The van der Waals surface area contributed by atoms with Crippen LogP contribution in [0.5, 0.6) is 0 Å². The third-order valence-corrected chi connectivity index (χ3v) is 4.48. The molecule has 1 aliphatic rings. The average Bonchev–Trinajstić information content (AvgIpc) is 3.05. The standard InChI is InChI=1S/C18H21F3N4O2/c1-11(10-27-2)23-17(26)13-9-22-25-15(18(19,20)21)8-14(24-16(13)25)12-6-4-3-5-7-12/h3-7,9,11,14-15,24H,8,10H2,1-2H3,(H,23,26)/t11-,14-,15-/m0/s1. The van der Waals surface area contributed by atoms with Gasteiger partial charge in [0.2, 0.25) is 0 Å². The number of ether oxygens (including phenoxy) is 1. The third-order valence-electron chi connectivity index (χ3n) is 4.48. The summed E-state index contributed by atoms with van der Waals surface area (Å²) >= 11 is 0. The largest absolute Gasteiger partial charge is 0.410 e. The first kappa shape index (κ1) is 19.2. The predicted octanol–water partition coefficient (Wildman–Crippen LogP) is 3.31. The van der Waals surface area contributed by atoms with Gasteiger partial charge in [-0.1, -0.05) is 30.3 Å². The van der Waals surface area contributed by atoms with Gasteiger partial charge < -0.3 is 15.4 Å². The van der Waals surface area contributed by atoms with Crippen LogP contribution in [0.1, 0.15) is 41.3 Å². The first-order chi connectivity index (χ1) is 12.8. The van der Waals surface area contributed by atoms with E-state index in [-0.39, 0.29) is 23.8 Å². The van der Waals surface area contributed by atoms with Crippen LogP contribution in [0.15, 0.2) is 36.5 Å². The van der Waals surface area contributed by atoms with Gasteiger partial charge in [0, 0.05) is 19.6 Å². The molecular formula is C18H21F3N4O2. The fourth-order valence-corrected chi connectivity index (χ4v) is 3.23. The van der Waals surface area contributed by atoms with E-state index in [4.69, 9.17) is 4.74 Å². The van der Waals surface area contributed by atoms with E-state index in [1.807, 2.05) is 0 Å². The number of halogens is 3. The van der Waals surface area contributed by atoms with Gasteiger partial charge >= 0.3 is 6.18 Å². The van der Waals surface area contributed by atoms with Crippen LogP contribution in [0.4, 0.5) is 19.0 Å². The minimum Gasteiger partial charge on any atom is -0.383 e. The van der Waals surface area contributed by atoms with Crippen molar-refractivity contribution in [2.75, 3.05) is 19.0 Å². The molecule has 3 atom stereocenters. The Morgan fingerprint density at radius 1 is 1.41 bits per heavy atom. The van der Waals surface area contributed by atoms with Crippen LogP contribution in [0.3, 0.4) is 0 Å². The lowest BCUT2D eigenvalue weighted by molar-refractivity contribution is -0.173. The highest BCUT2D eigenvalue weighted by Gasteiger charge is 2.47. The number of anilines is 1. The molecule has 0 aliphatic carbocycles. The molecule has 27 heavy (non-hydrogen) atoms. The molecule has 1 aliphatic heterocycles. The van der Waals surface area contributed by atoms with Crippen molar-refractivity contribution in [3.05, 3.63) is 47.7 Å². The molecule has 0 bridgehead atoms. The van der Waals surface area contributed by atoms with E-state index in [1.165, 1.54) is 13.3 Å². The van der Waals surface area contributed by atoms with Crippen molar-refractivity contribution in [1.29, 1.82) is 0 Å². The smallest absolute Gasteiger partial charge is 0.383 e. The number of alkyl halides is 3. The average molecular weight is 382 g/mol. The molecule has 3 rings (SSSR count). The van der Waals surface area contributed by atoms with E-state index < -0.39 is 24.2 Å². The molecule has 0 saturated carbocycles. The molecule has 0 spiro atoms. The first-order valence-electron chi connectivity index (χ1n) is 8.56.